The summed E-state index contributed by atoms with van der Waals surface area (Å²) in [5.41, 5.74) is 14.4. The zero-order valence-electron chi connectivity index (χ0n) is 16.8. The summed E-state index contributed by atoms with van der Waals surface area (Å²) in [5, 5.41) is 11.2. The van der Waals surface area contributed by atoms with Crippen molar-refractivity contribution in [1.82, 2.24) is 14.8 Å². The Morgan fingerprint density at radius 1 is 1.17 bits per heavy atom. The normalized spacial score (nSPS) is 18.7. The van der Waals surface area contributed by atoms with Crippen LogP contribution in [-0.4, -0.2) is 32.8 Å². The van der Waals surface area contributed by atoms with Crippen molar-refractivity contribution in [1.29, 1.82) is 0 Å². The number of hydrogen-bond acceptors (Lipinski definition) is 6. The molecule has 8 nitrogen and oxygen atoms in total. The minimum absolute atomic E-state index is 0.111. The largest absolute Gasteiger partial charge is 0.379 e. The molecule has 0 aliphatic heterocycles. The first-order valence-electron chi connectivity index (χ1n) is 10.2. The molecule has 0 bridgehead atoms. The fourth-order valence-electron chi connectivity index (χ4n) is 3.81. The van der Waals surface area contributed by atoms with Gasteiger partial charge in [0.2, 0.25) is 0 Å². The second kappa shape index (κ2) is 8.96. The Morgan fingerprint density at radius 3 is 2.73 bits per heavy atom. The van der Waals surface area contributed by atoms with Crippen LogP contribution >= 0.6 is 0 Å². The van der Waals surface area contributed by atoms with Gasteiger partial charge in [0.05, 0.1) is 24.1 Å². The van der Waals surface area contributed by atoms with Crippen LogP contribution in [0.4, 0.5) is 17.2 Å². The number of anilines is 3. The molecule has 1 aromatic carbocycles. The van der Waals surface area contributed by atoms with E-state index in [4.69, 9.17) is 11.5 Å². The summed E-state index contributed by atoms with van der Waals surface area (Å²) in [4.78, 5) is 16.1. The average molecular weight is 406 g/mol. The molecule has 0 saturated heterocycles. The average Bonchev–Trinajstić information content (AvgIpc) is 3.17. The van der Waals surface area contributed by atoms with E-state index in [2.05, 4.69) is 32.8 Å². The molecule has 6 N–H and O–H groups in total. The Kier molecular flexibility index (Phi) is 5.94. The zero-order chi connectivity index (χ0) is 20.9. The van der Waals surface area contributed by atoms with Crippen LogP contribution < -0.4 is 22.1 Å². The third-order valence-corrected chi connectivity index (χ3v) is 5.38. The van der Waals surface area contributed by atoms with Gasteiger partial charge < -0.3 is 22.1 Å². The molecule has 2 atom stereocenters. The van der Waals surface area contributed by atoms with E-state index >= 15 is 0 Å². The molecule has 1 saturated carbocycles. The van der Waals surface area contributed by atoms with Gasteiger partial charge in [0, 0.05) is 24.3 Å². The number of hydrogen-bond donors (Lipinski definition) is 4. The lowest BCUT2D eigenvalue weighted by Gasteiger charge is -2.30. The quantitative estimate of drug-likeness (QED) is 0.479. The lowest BCUT2D eigenvalue weighted by molar-refractivity contribution is 0.0996. The molecule has 2 heterocycles. The van der Waals surface area contributed by atoms with Crippen LogP contribution in [0.15, 0.2) is 54.9 Å². The Bertz CT molecular complexity index is 1000. The van der Waals surface area contributed by atoms with Crippen LogP contribution in [0, 0.1) is 0 Å². The van der Waals surface area contributed by atoms with Crippen LogP contribution in [0.1, 0.15) is 41.7 Å². The van der Waals surface area contributed by atoms with E-state index in [1.807, 2.05) is 41.2 Å². The van der Waals surface area contributed by atoms with E-state index in [0.717, 1.165) is 36.9 Å². The molecule has 0 radical (unpaired) electrons. The van der Waals surface area contributed by atoms with E-state index in [1.54, 1.807) is 6.20 Å². The lowest BCUT2D eigenvalue weighted by Crippen LogP contribution is -2.42. The Balaban J connectivity index is 1.51. The molecule has 8 heteroatoms. The van der Waals surface area contributed by atoms with Crippen molar-refractivity contribution in [2.45, 2.75) is 44.3 Å². The standard InChI is InChI=1S/C22H27N7O/c23-17-8-4-5-9-18(17)26-16-12-19(21(22(24)30)25-13-16)27-20-10-11-29(28-20)14-15-6-2-1-3-7-15/h1-3,6-7,10-13,17-18,26H,4-5,8-9,14,23H2,(H2,24,30)(H,27,28)/t17-,18+/m0/s1. The minimum atomic E-state index is -0.595. The first-order chi connectivity index (χ1) is 14.6. The number of primary amides is 1. The van der Waals surface area contributed by atoms with E-state index in [-0.39, 0.29) is 17.8 Å². The highest BCUT2D eigenvalue weighted by Crippen LogP contribution is 2.25. The maximum atomic E-state index is 11.9. The highest BCUT2D eigenvalue weighted by atomic mass is 16.1. The maximum Gasteiger partial charge on any atom is 0.269 e. The third kappa shape index (κ3) is 4.77. The third-order valence-electron chi connectivity index (χ3n) is 5.38. The molecule has 0 spiro atoms. The summed E-state index contributed by atoms with van der Waals surface area (Å²) in [6, 6.07) is 14.1. The van der Waals surface area contributed by atoms with Crippen molar-refractivity contribution in [2.75, 3.05) is 10.6 Å². The number of nitrogens with two attached hydrogens (primary N) is 2. The summed E-state index contributed by atoms with van der Waals surface area (Å²) in [7, 11) is 0. The summed E-state index contributed by atoms with van der Waals surface area (Å²) in [6.07, 6.45) is 7.86. The molecule has 30 heavy (non-hydrogen) atoms. The number of aromatic nitrogens is 3. The number of nitrogens with zero attached hydrogens (tertiary/aromatic N) is 3. The number of carbonyl (C=O) groups excluding carboxylic acids is 1. The van der Waals surface area contributed by atoms with Gasteiger partial charge in [0.1, 0.15) is 0 Å². The summed E-state index contributed by atoms with van der Waals surface area (Å²) < 4.78 is 1.83. The molecule has 156 valence electrons. The second-order valence-corrected chi connectivity index (χ2v) is 7.69. The van der Waals surface area contributed by atoms with Crippen molar-refractivity contribution in [3.8, 4) is 0 Å². The van der Waals surface area contributed by atoms with Crippen molar-refractivity contribution in [2.24, 2.45) is 11.5 Å². The number of rotatable bonds is 7. The van der Waals surface area contributed by atoms with Crippen molar-refractivity contribution in [3.05, 3.63) is 66.1 Å². The van der Waals surface area contributed by atoms with Crippen LogP contribution in [0.5, 0.6) is 0 Å². The second-order valence-electron chi connectivity index (χ2n) is 7.69. The van der Waals surface area contributed by atoms with Gasteiger partial charge in [0.25, 0.3) is 5.91 Å². The van der Waals surface area contributed by atoms with Gasteiger partial charge in [0.15, 0.2) is 11.5 Å². The summed E-state index contributed by atoms with van der Waals surface area (Å²) in [5.74, 6) is 0.0175. The monoisotopic (exact) mass is 405 g/mol. The molecular formula is C22H27N7O. The summed E-state index contributed by atoms with van der Waals surface area (Å²) >= 11 is 0. The predicted octanol–water partition coefficient (Wildman–Crippen LogP) is 2.85. The van der Waals surface area contributed by atoms with Crippen LogP contribution in [0.2, 0.25) is 0 Å². The molecule has 2 aromatic heterocycles. The van der Waals surface area contributed by atoms with Crippen molar-refractivity contribution < 1.29 is 4.79 Å². The van der Waals surface area contributed by atoms with Crippen LogP contribution in [0.3, 0.4) is 0 Å². The first kappa shape index (κ1) is 19.9. The molecule has 1 fully saturated rings. The SMILES string of the molecule is NC(=O)c1ncc(N[C@@H]2CCCC[C@@H]2N)cc1Nc1ccn(Cc2ccccc2)n1. The van der Waals surface area contributed by atoms with Gasteiger partial charge in [-0.1, -0.05) is 43.2 Å². The van der Waals surface area contributed by atoms with Gasteiger partial charge in [-0.15, -0.1) is 0 Å². The first-order valence-corrected chi connectivity index (χ1v) is 10.2. The fraction of sp³-hybridized carbons (Fsp3) is 0.318. The topological polar surface area (TPSA) is 124 Å². The van der Waals surface area contributed by atoms with E-state index < -0.39 is 5.91 Å². The number of pyridine rings is 1. The van der Waals surface area contributed by atoms with Crippen LogP contribution in [-0.2, 0) is 6.54 Å². The number of carbonyl (C=O) groups is 1. The highest BCUT2D eigenvalue weighted by molar-refractivity contribution is 5.97. The summed E-state index contributed by atoms with van der Waals surface area (Å²) in [6.45, 7) is 0.657. The van der Waals surface area contributed by atoms with E-state index in [9.17, 15) is 4.79 Å². The van der Waals surface area contributed by atoms with Gasteiger partial charge in [-0.3, -0.25) is 9.48 Å². The van der Waals surface area contributed by atoms with E-state index in [0.29, 0.717) is 18.1 Å². The van der Waals surface area contributed by atoms with Gasteiger partial charge >= 0.3 is 0 Å². The van der Waals surface area contributed by atoms with Gasteiger partial charge in [-0.2, -0.15) is 5.10 Å². The van der Waals surface area contributed by atoms with E-state index in [1.165, 1.54) is 0 Å². The zero-order valence-corrected chi connectivity index (χ0v) is 16.8. The fourth-order valence-corrected chi connectivity index (χ4v) is 3.81. The Hall–Kier alpha value is -3.39. The van der Waals surface area contributed by atoms with Crippen LogP contribution in [0.25, 0.3) is 0 Å². The molecule has 3 aromatic rings. The van der Waals surface area contributed by atoms with Gasteiger partial charge in [-0.25, -0.2) is 4.98 Å². The van der Waals surface area contributed by atoms with Gasteiger partial charge in [-0.05, 0) is 24.5 Å². The molecular weight excluding hydrogens is 378 g/mol. The molecule has 1 aliphatic carbocycles. The Labute approximate surface area is 175 Å². The molecule has 0 unspecified atom stereocenters. The lowest BCUT2D eigenvalue weighted by atomic mass is 9.91. The number of amides is 1. The molecule has 1 amide bonds. The minimum Gasteiger partial charge on any atom is -0.379 e. The smallest absolute Gasteiger partial charge is 0.269 e. The molecule has 4 rings (SSSR count). The maximum absolute atomic E-state index is 11.9. The van der Waals surface area contributed by atoms with Crippen molar-refractivity contribution in [3.63, 3.8) is 0 Å². The number of benzene rings is 1. The van der Waals surface area contributed by atoms with Crippen molar-refractivity contribution >= 4 is 23.1 Å². The predicted molar refractivity (Wildman–Crippen MR) is 118 cm³/mol. The molecule has 1 aliphatic rings. The number of nitrogens with one attached hydrogen (secondary N) is 2. The highest BCUT2D eigenvalue weighted by Gasteiger charge is 2.22. The Morgan fingerprint density at radius 2 is 1.97 bits per heavy atom.